The molecule has 2 aliphatic heterocycles. The number of fused-ring (bicyclic) bond motifs is 2. The smallest absolute Gasteiger partial charge is 0.342 e. The van der Waals surface area contributed by atoms with Crippen molar-refractivity contribution in [2.24, 2.45) is 0 Å². The number of ether oxygens (including phenoxy) is 3. The third kappa shape index (κ3) is 1.49. The van der Waals surface area contributed by atoms with Crippen LogP contribution in [-0.4, -0.2) is 18.7 Å². The second-order valence-corrected chi connectivity index (χ2v) is 4.97. The molecule has 4 nitrogen and oxygen atoms in total. The van der Waals surface area contributed by atoms with Gasteiger partial charge in [-0.1, -0.05) is 0 Å². The van der Waals surface area contributed by atoms with Crippen molar-refractivity contribution < 1.29 is 19.0 Å². The number of methoxy groups -OCH3 is 1. The minimum atomic E-state index is -0.351. The van der Waals surface area contributed by atoms with Gasteiger partial charge < -0.3 is 14.2 Å². The first-order chi connectivity index (χ1) is 8.52. The highest BCUT2D eigenvalue weighted by molar-refractivity contribution is 5.98. The third-order valence-electron chi connectivity index (χ3n) is 3.15. The molecule has 0 spiro atoms. The van der Waals surface area contributed by atoms with Crippen LogP contribution in [0.5, 0.6) is 11.5 Å². The van der Waals surface area contributed by atoms with Gasteiger partial charge in [0.15, 0.2) is 0 Å². The van der Waals surface area contributed by atoms with Crippen molar-refractivity contribution in [1.29, 1.82) is 0 Å². The Bertz CT molecular complexity index is 570. The Kier molecular flexibility index (Phi) is 2.17. The Balaban J connectivity index is 2.24. The molecular formula is C14H14O4. The van der Waals surface area contributed by atoms with E-state index in [4.69, 9.17) is 14.2 Å². The quantitative estimate of drug-likeness (QED) is 0.714. The van der Waals surface area contributed by atoms with Gasteiger partial charge in [-0.05, 0) is 32.1 Å². The zero-order valence-corrected chi connectivity index (χ0v) is 10.6. The van der Waals surface area contributed by atoms with Crippen LogP contribution in [0.4, 0.5) is 0 Å². The van der Waals surface area contributed by atoms with E-state index in [1.54, 1.807) is 7.11 Å². The highest BCUT2D eigenvalue weighted by Crippen LogP contribution is 2.43. The van der Waals surface area contributed by atoms with Gasteiger partial charge in [0, 0.05) is 5.56 Å². The Morgan fingerprint density at radius 1 is 1.39 bits per heavy atom. The molecule has 0 saturated heterocycles. The van der Waals surface area contributed by atoms with Gasteiger partial charge in [0.25, 0.3) is 0 Å². The zero-order valence-electron chi connectivity index (χ0n) is 10.6. The Morgan fingerprint density at radius 2 is 2.17 bits per heavy atom. The minimum absolute atomic E-state index is 0.283. The lowest BCUT2D eigenvalue weighted by atomic mass is 9.97. The summed E-state index contributed by atoms with van der Waals surface area (Å²) in [7, 11) is 1.55. The van der Waals surface area contributed by atoms with Crippen LogP contribution < -0.4 is 9.47 Å². The first-order valence-corrected chi connectivity index (χ1v) is 5.81. The standard InChI is InChI=1S/C14H14O4/c1-14(2)5-4-9-10(18-14)6-8-7-17-13(15)11(8)12(9)16-3/h4-6H,7H2,1-3H3. The fourth-order valence-electron chi connectivity index (χ4n) is 2.31. The Labute approximate surface area is 105 Å². The van der Waals surface area contributed by atoms with Gasteiger partial charge in [0.1, 0.15) is 29.3 Å². The van der Waals surface area contributed by atoms with Crippen LogP contribution >= 0.6 is 0 Å². The summed E-state index contributed by atoms with van der Waals surface area (Å²) < 4.78 is 16.3. The maximum absolute atomic E-state index is 11.7. The lowest BCUT2D eigenvalue weighted by Crippen LogP contribution is -2.27. The van der Waals surface area contributed by atoms with Gasteiger partial charge >= 0.3 is 5.97 Å². The van der Waals surface area contributed by atoms with Crippen molar-refractivity contribution in [2.45, 2.75) is 26.1 Å². The summed E-state index contributed by atoms with van der Waals surface area (Å²) in [5.41, 5.74) is 1.79. The molecule has 1 aromatic carbocycles. The number of carbonyl (C=O) groups excluding carboxylic acids is 1. The van der Waals surface area contributed by atoms with Gasteiger partial charge in [-0.15, -0.1) is 0 Å². The van der Waals surface area contributed by atoms with Crippen molar-refractivity contribution in [3.05, 3.63) is 28.8 Å². The van der Waals surface area contributed by atoms with E-state index in [1.807, 2.05) is 32.1 Å². The summed E-state index contributed by atoms with van der Waals surface area (Å²) in [6.45, 7) is 4.24. The van der Waals surface area contributed by atoms with Gasteiger partial charge in [-0.3, -0.25) is 0 Å². The van der Waals surface area contributed by atoms with E-state index in [2.05, 4.69) is 0 Å². The second-order valence-electron chi connectivity index (χ2n) is 4.97. The van der Waals surface area contributed by atoms with Crippen LogP contribution in [0.2, 0.25) is 0 Å². The molecule has 0 unspecified atom stereocenters. The summed E-state index contributed by atoms with van der Waals surface area (Å²) in [5.74, 6) is 0.941. The number of hydrogen-bond donors (Lipinski definition) is 0. The minimum Gasteiger partial charge on any atom is -0.495 e. The number of carbonyl (C=O) groups is 1. The molecule has 18 heavy (non-hydrogen) atoms. The van der Waals surface area contributed by atoms with E-state index >= 15 is 0 Å². The average molecular weight is 246 g/mol. The summed E-state index contributed by atoms with van der Waals surface area (Å²) in [4.78, 5) is 11.7. The third-order valence-corrected chi connectivity index (χ3v) is 3.15. The molecule has 0 fully saturated rings. The van der Waals surface area contributed by atoms with Crippen molar-refractivity contribution >= 4 is 12.0 Å². The molecule has 0 aromatic heterocycles. The molecule has 0 atom stereocenters. The van der Waals surface area contributed by atoms with Crippen LogP contribution in [0.1, 0.15) is 35.3 Å². The molecule has 1 aromatic rings. The number of esters is 1. The van der Waals surface area contributed by atoms with E-state index in [9.17, 15) is 4.79 Å². The lowest BCUT2D eigenvalue weighted by Gasteiger charge is -2.29. The Hall–Kier alpha value is -1.97. The van der Waals surface area contributed by atoms with Crippen molar-refractivity contribution in [3.63, 3.8) is 0 Å². The van der Waals surface area contributed by atoms with Crippen LogP contribution in [0.15, 0.2) is 12.1 Å². The van der Waals surface area contributed by atoms with E-state index < -0.39 is 0 Å². The fourth-order valence-corrected chi connectivity index (χ4v) is 2.31. The highest BCUT2D eigenvalue weighted by atomic mass is 16.5. The number of hydrogen-bond acceptors (Lipinski definition) is 4. The average Bonchev–Trinajstić information content (AvgIpc) is 2.67. The largest absolute Gasteiger partial charge is 0.495 e. The maximum atomic E-state index is 11.7. The Morgan fingerprint density at radius 3 is 2.89 bits per heavy atom. The van der Waals surface area contributed by atoms with E-state index in [0.717, 1.165) is 16.9 Å². The van der Waals surface area contributed by atoms with Crippen LogP contribution in [0, 0.1) is 0 Å². The van der Waals surface area contributed by atoms with Crippen molar-refractivity contribution in [2.75, 3.05) is 7.11 Å². The molecule has 2 aliphatic rings. The van der Waals surface area contributed by atoms with Crippen LogP contribution in [0.25, 0.3) is 6.08 Å². The first-order valence-electron chi connectivity index (χ1n) is 5.81. The lowest BCUT2D eigenvalue weighted by molar-refractivity contribution is 0.0532. The summed E-state index contributed by atoms with van der Waals surface area (Å²) in [6, 6.07) is 1.86. The molecule has 0 saturated carbocycles. The highest BCUT2D eigenvalue weighted by Gasteiger charge is 2.32. The van der Waals surface area contributed by atoms with E-state index in [-0.39, 0.29) is 18.2 Å². The SMILES string of the molecule is COc1c2c(cc3c1C(=O)OC3)OC(C)(C)C=C2. The monoisotopic (exact) mass is 246 g/mol. The summed E-state index contributed by atoms with van der Waals surface area (Å²) in [5, 5.41) is 0. The van der Waals surface area contributed by atoms with Crippen molar-refractivity contribution in [3.8, 4) is 11.5 Å². The normalized spacial score (nSPS) is 18.7. The van der Waals surface area contributed by atoms with E-state index in [0.29, 0.717) is 11.3 Å². The molecule has 0 aliphatic carbocycles. The van der Waals surface area contributed by atoms with Gasteiger partial charge in [0.05, 0.1) is 12.7 Å². The molecule has 94 valence electrons. The maximum Gasteiger partial charge on any atom is 0.342 e. The van der Waals surface area contributed by atoms with Crippen molar-refractivity contribution in [1.82, 2.24) is 0 Å². The second kappa shape index (κ2) is 3.51. The number of rotatable bonds is 1. The summed E-state index contributed by atoms with van der Waals surface area (Å²) >= 11 is 0. The molecule has 0 bridgehead atoms. The molecule has 0 amide bonds. The topological polar surface area (TPSA) is 44.8 Å². The number of cyclic esters (lactones) is 1. The molecular weight excluding hydrogens is 232 g/mol. The number of benzene rings is 1. The molecule has 3 rings (SSSR count). The predicted molar refractivity (Wildman–Crippen MR) is 65.9 cm³/mol. The fraction of sp³-hybridized carbons (Fsp3) is 0.357. The van der Waals surface area contributed by atoms with Crippen LogP contribution in [0.3, 0.4) is 0 Å². The van der Waals surface area contributed by atoms with Gasteiger partial charge in [-0.2, -0.15) is 0 Å². The van der Waals surface area contributed by atoms with Crippen LogP contribution in [-0.2, 0) is 11.3 Å². The summed E-state index contributed by atoms with van der Waals surface area (Å²) in [6.07, 6.45) is 3.88. The first kappa shape index (κ1) is 11.1. The van der Waals surface area contributed by atoms with E-state index in [1.165, 1.54) is 0 Å². The molecule has 2 heterocycles. The molecule has 0 radical (unpaired) electrons. The zero-order chi connectivity index (χ0) is 12.9. The molecule has 4 heteroatoms. The predicted octanol–water partition coefficient (Wildman–Crippen LogP) is 2.55. The van der Waals surface area contributed by atoms with Gasteiger partial charge in [-0.25, -0.2) is 4.79 Å². The van der Waals surface area contributed by atoms with Gasteiger partial charge in [0.2, 0.25) is 0 Å². The molecule has 0 N–H and O–H groups in total.